The number of thioether (sulfide) groups is 1. The topological polar surface area (TPSA) is 17.1 Å². The van der Waals surface area contributed by atoms with E-state index < -0.39 is 0 Å². The summed E-state index contributed by atoms with van der Waals surface area (Å²) >= 11 is 1.65. The maximum atomic E-state index is 12.2. The van der Waals surface area contributed by atoms with E-state index in [0.29, 0.717) is 0 Å². The van der Waals surface area contributed by atoms with Crippen molar-refractivity contribution in [3.63, 3.8) is 0 Å². The first-order valence-electron chi connectivity index (χ1n) is 5.21. The number of rotatable bonds is 1. The normalized spacial score (nSPS) is 18.5. The molecule has 1 nitrogen and oxygen atoms in total. The number of carbonyl (C=O) groups excluding carboxylic acids is 1. The molecule has 0 spiro atoms. The fourth-order valence-electron chi connectivity index (χ4n) is 1.94. The van der Waals surface area contributed by atoms with Gasteiger partial charge in [-0.15, -0.1) is 11.8 Å². The number of hydrogen-bond donors (Lipinski definition) is 0. The molecule has 0 unspecified atom stereocenters. The monoisotopic (exact) mass is 226 g/mol. The summed E-state index contributed by atoms with van der Waals surface area (Å²) in [5.74, 6) is 0.229. The molecule has 1 aliphatic rings. The lowest BCUT2D eigenvalue weighted by molar-refractivity contribution is 0.0991. The summed E-state index contributed by atoms with van der Waals surface area (Å²) in [7, 11) is 0. The third-order valence-electron chi connectivity index (χ3n) is 2.74. The average molecular weight is 226 g/mol. The summed E-state index contributed by atoms with van der Waals surface area (Å²) in [4.78, 5) is 13.3. The number of Topliss-reactive ketones (excluding diaryl/α,β-unsaturated/α-hetero) is 1. The van der Waals surface area contributed by atoms with E-state index in [2.05, 4.69) is 0 Å². The molecule has 1 heterocycles. The smallest absolute Gasteiger partial charge is 0.181 e. The fraction of sp³-hybridized carbons (Fsp3) is 0.0714. The third-order valence-corrected chi connectivity index (χ3v) is 4.07. The van der Waals surface area contributed by atoms with E-state index in [1.54, 1.807) is 11.8 Å². The number of fused-ring (bicyclic) bond motifs is 1. The quantitative estimate of drug-likeness (QED) is 0.737. The van der Waals surface area contributed by atoms with Crippen molar-refractivity contribution in [3.05, 3.63) is 65.7 Å². The average Bonchev–Trinajstić information content (AvgIpc) is 2.69. The van der Waals surface area contributed by atoms with Crippen LogP contribution in [0, 0.1) is 0 Å². The molecule has 1 aliphatic heterocycles. The molecular weight excluding hydrogens is 216 g/mol. The number of hydrogen-bond acceptors (Lipinski definition) is 2. The van der Waals surface area contributed by atoms with Gasteiger partial charge in [0.1, 0.15) is 0 Å². The highest BCUT2D eigenvalue weighted by Gasteiger charge is 2.31. The van der Waals surface area contributed by atoms with Crippen molar-refractivity contribution in [2.24, 2.45) is 0 Å². The van der Waals surface area contributed by atoms with Gasteiger partial charge in [-0.05, 0) is 11.6 Å². The van der Waals surface area contributed by atoms with Crippen LogP contribution in [0.25, 0.3) is 0 Å². The molecule has 0 saturated carbocycles. The molecule has 0 N–H and O–H groups in total. The van der Waals surface area contributed by atoms with Gasteiger partial charge < -0.3 is 0 Å². The Morgan fingerprint density at radius 2 is 1.56 bits per heavy atom. The van der Waals surface area contributed by atoms with Gasteiger partial charge in [0.15, 0.2) is 5.78 Å². The minimum atomic E-state index is -0.0569. The van der Waals surface area contributed by atoms with Crippen molar-refractivity contribution in [3.8, 4) is 0 Å². The van der Waals surface area contributed by atoms with Crippen molar-refractivity contribution < 1.29 is 4.79 Å². The molecule has 2 aromatic carbocycles. The van der Waals surface area contributed by atoms with Crippen LogP contribution in [0.4, 0.5) is 0 Å². The minimum absolute atomic E-state index is 0.0569. The molecule has 2 heteroatoms. The second-order valence-corrected chi connectivity index (χ2v) is 4.92. The van der Waals surface area contributed by atoms with Gasteiger partial charge in [0.2, 0.25) is 0 Å². The molecule has 0 aromatic heterocycles. The molecule has 0 fully saturated rings. The van der Waals surface area contributed by atoms with Crippen LogP contribution in [0.2, 0.25) is 0 Å². The van der Waals surface area contributed by atoms with Gasteiger partial charge in [0, 0.05) is 10.5 Å². The zero-order chi connectivity index (χ0) is 11.0. The van der Waals surface area contributed by atoms with Crippen molar-refractivity contribution in [1.82, 2.24) is 0 Å². The Balaban J connectivity index is 2.02. The lowest BCUT2D eigenvalue weighted by Gasteiger charge is -2.06. The van der Waals surface area contributed by atoms with Gasteiger partial charge in [-0.2, -0.15) is 0 Å². The summed E-state index contributed by atoms with van der Waals surface area (Å²) in [5, 5.41) is -0.0569. The van der Waals surface area contributed by atoms with Crippen LogP contribution in [0.5, 0.6) is 0 Å². The molecule has 0 amide bonds. The minimum Gasteiger partial charge on any atom is -0.292 e. The summed E-state index contributed by atoms with van der Waals surface area (Å²) < 4.78 is 0. The summed E-state index contributed by atoms with van der Waals surface area (Å²) in [6.07, 6.45) is 0. The number of ketones is 1. The highest BCUT2D eigenvalue weighted by molar-refractivity contribution is 8.00. The van der Waals surface area contributed by atoms with Crippen molar-refractivity contribution in [2.45, 2.75) is 10.1 Å². The zero-order valence-corrected chi connectivity index (χ0v) is 9.41. The molecule has 1 atom stereocenters. The highest BCUT2D eigenvalue weighted by atomic mass is 32.2. The van der Waals surface area contributed by atoms with E-state index >= 15 is 0 Å². The molecule has 0 bridgehead atoms. The second kappa shape index (κ2) is 3.80. The van der Waals surface area contributed by atoms with Crippen LogP contribution in [0.3, 0.4) is 0 Å². The van der Waals surface area contributed by atoms with Gasteiger partial charge in [0.05, 0.1) is 5.25 Å². The predicted molar refractivity (Wildman–Crippen MR) is 65.8 cm³/mol. The maximum Gasteiger partial charge on any atom is 0.181 e. The molecule has 0 aliphatic carbocycles. The Morgan fingerprint density at radius 3 is 2.31 bits per heavy atom. The Labute approximate surface area is 98.5 Å². The van der Waals surface area contributed by atoms with E-state index in [4.69, 9.17) is 0 Å². The lowest BCUT2D eigenvalue weighted by atomic mass is 10.0. The number of carbonyl (C=O) groups is 1. The van der Waals surface area contributed by atoms with Gasteiger partial charge in [-0.3, -0.25) is 4.79 Å². The van der Waals surface area contributed by atoms with E-state index in [9.17, 15) is 4.79 Å². The van der Waals surface area contributed by atoms with Crippen molar-refractivity contribution >= 4 is 17.5 Å². The molecule has 16 heavy (non-hydrogen) atoms. The van der Waals surface area contributed by atoms with Gasteiger partial charge in [-0.25, -0.2) is 0 Å². The Kier molecular flexibility index (Phi) is 2.29. The third kappa shape index (κ3) is 1.46. The van der Waals surface area contributed by atoms with Crippen LogP contribution in [-0.2, 0) is 0 Å². The maximum absolute atomic E-state index is 12.2. The lowest BCUT2D eigenvalue weighted by Crippen LogP contribution is -2.03. The highest BCUT2D eigenvalue weighted by Crippen LogP contribution is 2.45. The summed E-state index contributed by atoms with van der Waals surface area (Å²) in [6.45, 7) is 0. The first-order chi connectivity index (χ1) is 7.86. The van der Waals surface area contributed by atoms with Gasteiger partial charge >= 0.3 is 0 Å². The van der Waals surface area contributed by atoms with Crippen molar-refractivity contribution in [1.29, 1.82) is 0 Å². The zero-order valence-electron chi connectivity index (χ0n) is 8.59. The van der Waals surface area contributed by atoms with Crippen molar-refractivity contribution in [2.75, 3.05) is 0 Å². The summed E-state index contributed by atoms with van der Waals surface area (Å²) in [5.41, 5.74) is 1.95. The van der Waals surface area contributed by atoms with Crippen LogP contribution >= 0.6 is 11.8 Å². The number of benzene rings is 2. The molecule has 0 saturated heterocycles. The first-order valence-corrected chi connectivity index (χ1v) is 6.09. The molecule has 78 valence electrons. The van der Waals surface area contributed by atoms with E-state index in [0.717, 1.165) is 16.0 Å². The second-order valence-electron chi connectivity index (χ2n) is 3.77. The SMILES string of the molecule is O=C1c2ccccc2S[C@@H]1c1ccccc1. The van der Waals surface area contributed by atoms with Gasteiger partial charge in [-0.1, -0.05) is 48.5 Å². The largest absolute Gasteiger partial charge is 0.292 e. The molecule has 3 rings (SSSR count). The Morgan fingerprint density at radius 1 is 0.875 bits per heavy atom. The predicted octanol–water partition coefficient (Wildman–Crippen LogP) is 3.72. The first kappa shape index (κ1) is 9.67. The van der Waals surface area contributed by atoms with Crippen LogP contribution in [-0.4, -0.2) is 5.78 Å². The Bertz CT molecular complexity index is 533. The van der Waals surface area contributed by atoms with Crippen LogP contribution < -0.4 is 0 Å². The molecular formula is C14H10OS. The van der Waals surface area contributed by atoms with Crippen LogP contribution in [0.1, 0.15) is 21.2 Å². The fourth-order valence-corrected chi connectivity index (χ4v) is 3.18. The molecule has 2 aromatic rings. The van der Waals surface area contributed by atoms with Crippen LogP contribution in [0.15, 0.2) is 59.5 Å². The molecule has 0 radical (unpaired) electrons. The van der Waals surface area contributed by atoms with E-state index in [1.807, 2.05) is 54.6 Å². The van der Waals surface area contributed by atoms with E-state index in [-0.39, 0.29) is 11.0 Å². The Hall–Kier alpha value is -1.54. The van der Waals surface area contributed by atoms with E-state index in [1.165, 1.54) is 0 Å². The standard InChI is InChI=1S/C14H10OS/c15-13-11-8-4-5-9-12(11)16-14(13)10-6-2-1-3-7-10/h1-9,14H/t14-/m1/s1. The van der Waals surface area contributed by atoms with Gasteiger partial charge in [0.25, 0.3) is 0 Å². The summed E-state index contributed by atoms with van der Waals surface area (Å²) in [6, 6.07) is 17.8.